The maximum absolute atomic E-state index is 13.1. The van der Waals surface area contributed by atoms with E-state index < -0.39 is 18.7 Å². The average molecular weight is 465 g/mol. The molecule has 0 fully saturated rings. The molecule has 0 bridgehead atoms. The van der Waals surface area contributed by atoms with E-state index in [1.54, 1.807) is 14.0 Å². The summed E-state index contributed by atoms with van der Waals surface area (Å²) in [5, 5.41) is 18.2. The molecule has 0 aromatic heterocycles. The first-order valence-corrected chi connectivity index (χ1v) is 11.7. The minimum absolute atomic E-state index is 0.0335. The number of nitrogens with zero attached hydrogens (tertiary/aromatic N) is 1. The van der Waals surface area contributed by atoms with E-state index in [-0.39, 0.29) is 17.7 Å². The molecule has 3 atom stereocenters. The Balaban J connectivity index is 2.70. The number of carbonyl (C=O) groups is 3. The van der Waals surface area contributed by atoms with Gasteiger partial charge in [-0.2, -0.15) is 0 Å². The fourth-order valence-electron chi connectivity index (χ4n) is 3.48. The van der Waals surface area contributed by atoms with Crippen LogP contribution in [0.1, 0.15) is 39.2 Å². The molecule has 33 heavy (non-hydrogen) atoms. The highest BCUT2D eigenvalue weighted by atomic mass is 16.5. The van der Waals surface area contributed by atoms with Crippen molar-refractivity contribution in [1.82, 2.24) is 20.9 Å². The fraction of sp³-hybridized carbons (Fsp3) is 0.625. The van der Waals surface area contributed by atoms with Gasteiger partial charge in [-0.05, 0) is 37.3 Å². The molecule has 9 heteroatoms. The number of hydrogen-bond acceptors (Lipinski definition) is 6. The van der Waals surface area contributed by atoms with Gasteiger partial charge in [0.2, 0.25) is 18.2 Å². The highest BCUT2D eigenvalue weighted by molar-refractivity contribution is 5.89. The van der Waals surface area contributed by atoms with Crippen LogP contribution < -0.4 is 20.7 Å². The van der Waals surface area contributed by atoms with Crippen LogP contribution in [0.5, 0.6) is 5.75 Å². The van der Waals surface area contributed by atoms with Gasteiger partial charge in [0.05, 0.1) is 12.6 Å². The zero-order chi connectivity index (χ0) is 24.6. The number of amides is 3. The third kappa shape index (κ3) is 9.39. The second-order valence-electron chi connectivity index (χ2n) is 7.99. The van der Waals surface area contributed by atoms with Crippen molar-refractivity contribution in [2.24, 2.45) is 5.92 Å². The fourth-order valence-corrected chi connectivity index (χ4v) is 3.48. The van der Waals surface area contributed by atoms with Crippen LogP contribution >= 0.6 is 0 Å². The number of carbonyl (C=O) groups excluding carboxylic acids is 3. The molecule has 0 heterocycles. The largest absolute Gasteiger partial charge is 0.492 e. The number of benzene rings is 1. The van der Waals surface area contributed by atoms with Gasteiger partial charge in [-0.15, -0.1) is 0 Å². The van der Waals surface area contributed by atoms with Gasteiger partial charge in [0.15, 0.2) is 0 Å². The van der Waals surface area contributed by atoms with Crippen molar-refractivity contribution in [3.63, 3.8) is 0 Å². The van der Waals surface area contributed by atoms with Gasteiger partial charge >= 0.3 is 0 Å². The third-order valence-electron chi connectivity index (χ3n) is 5.67. The second-order valence-corrected chi connectivity index (χ2v) is 7.99. The van der Waals surface area contributed by atoms with Crippen molar-refractivity contribution in [1.29, 1.82) is 0 Å². The van der Waals surface area contributed by atoms with E-state index in [9.17, 15) is 19.5 Å². The Kier molecular flexibility index (Phi) is 13.8. The maximum atomic E-state index is 13.1. The summed E-state index contributed by atoms with van der Waals surface area (Å²) in [5.41, 5.74) is 1.06. The highest BCUT2D eigenvalue weighted by Crippen LogP contribution is 2.19. The smallest absolute Gasteiger partial charge is 0.245 e. The molecule has 1 rings (SSSR count). The number of para-hydroxylation sites is 1. The number of aliphatic hydroxyl groups excluding tert-OH is 1. The first-order chi connectivity index (χ1) is 15.9. The van der Waals surface area contributed by atoms with Crippen LogP contribution in [0.3, 0.4) is 0 Å². The normalized spacial score (nSPS) is 13.5. The molecule has 0 saturated heterocycles. The molecule has 1 aromatic carbocycles. The van der Waals surface area contributed by atoms with Crippen molar-refractivity contribution >= 4 is 18.2 Å². The Labute approximate surface area is 197 Å². The van der Waals surface area contributed by atoms with Crippen molar-refractivity contribution in [3.05, 3.63) is 29.8 Å². The van der Waals surface area contributed by atoms with E-state index >= 15 is 0 Å². The Bertz CT molecular complexity index is 731. The summed E-state index contributed by atoms with van der Waals surface area (Å²) in [4.78, 5) is 37.1. The summed E-state index contributed by atoms with van der Waals surface area (Å²) < 4.78 is 5.96. The Morgan fingerprint density at radius 1 is 1.21 bits per heavy atom. The van der Waals surface area contributed by atoms with E-state index in [1.165, 1.54) is 4.90 Å². The van der Waals surface area contributed by atoms with E-state index in [1.807, 2.05) is 38.1 Å². The molecule has 1 aromatic rings. The number of aryl methyl sites for hydroxylation is 1. The van der Waals surface area contributed by atoms with Crippen molar-refractivity contribution in [2.45, 2.75) is 52.1 Å². The molecule has 0 aliphatic carbocycles. The van der Waals surface area contributed by atoms with Crippen LogP contribution in [0.25, 0.3) is 0 Å². The van der Waals surface area contributed by atoms with Gasteiger partial charge in [-0.3, -0.25) is 14.4 Å². The predicted octanol–water partition coefficient (Wildman–Crippen LogP) is 0.704. The molecule has 0 radical (unpaired) electrons. The summed E-state index contributed by atoms with van der Waals surface area (Å²) in [7, 11) is 1.54. The van der Waals surface area contributed by atoms with Crippen LogP contribution in [0.15, 0.2) is 24.3 Å². The number of nitrogens with one attached hydrogen (secondary N) is 3. The summed E-state index contributed by atoms with van der Waals surface area (Å²) in [6.07, 6.45) is 3.07. The van der Waals surface area contributed by atoms with Gasteiger partial charge in [0.1, 0.15) is 18.4 Å². The number of rotatable bonds is 17. The van der Waals surface area contributed by atoms with Crippen LogP contribution in [0, 0.1) is 5.92 Å². The Morgan fingerprint density at radius 2 is 1.94 bits per heavy atom. The van der Waals surface area contributed by atoms with Crippen LogP contribution in [0.2, 0.25) is 0 Å². The lowest BCUT2D eigenvalue weighted by molar-refractivity contribution is -0.142. The van der Waals surface area contributed by atoms with Gasteiger partial charge in [-0.25, -0.2) is 0 Å². The third-order valence-corrected chi connectivity index (χ3v) is 5.67. The zero-order valence-electron chi connectivity index (χ0n) is 20.3. The molecule has 3 amide bonds. The first-order valence-electron chi connectivity index (χ1n) is 11.7. The minimum Gasteiger partial charge on any atom is -0.492 e. The number of ether oxygens (including phenoxy) is 1. The molecule has 3 unspecified atom stereocenters. The highest BCUT2D eigenvalue weighted by Gasteiger charge is 2.32. The standard InChI is InChI=1S/C24H40N4O5/c1-5-18(3)22(24(32)28(4)20(16-29)23(31)26-6-2)27-14-15-33-21-12-8-7-10-19(21)11-9-13-25-17-30/h7-8,10,12,17-18,20,22,27,29H,5-6,9,11,13-16H2,1-4H3,(H,25,30)(H,26,31). The average Bonchev–Trinajstić information content (AvgIpc) is 2.82. The molecular weight excluding hydrogens is 424 g/mol. The topological polar surface area (TPSA) is 120 Å². The molecular formula is C24H40N4O5. The predicted molar refractivity (Wildman–Crippen MR) is 128 cm³/mol. The van der Waals surface area contributed by atoms with E-state index in [4.69, 9.17) is 4.74 Å². The van der Waals surface area contributed by atoms with E-state index in [2.05, 4.69) is 16.0 Å². The quantitative estimate of drug-likeness (QED) is 0.199. The zero-order valence-corrected chi connectivity index (χ0v) is 20.3. The van der Waals surface area contributed by atoms with Crippen molar-refractivity contribution in [3.8, 4) is 5.75 Å². The number of aliphatic hydroxyl groups is 1. The van der Waals surface area contributed by atoms with Gasteiger partial charge in [-0.1, -0.05) is 38.5 Å². The summed E-state index contributed by atoms with van der Waals surface area (Å²) >= 11 is 0. The monoisotopic (exact) mass is 464 g/mol. The molecule has 4 N–H and O–H groups in total. The minimum atomic E-state index is -0.928. The van der Waals surface area contributed by atoms with Gasteiger partial charge in [0.25, 0.3) is 0 Å². The lowest BCUT2D eigenvalue weighted by Gasteiger charge is -2.32. The molecule has 0 spiro atoms. The molecule has 0 saturated carbocycles. The van der Waals surface area contributed by atoms with E-state index in [0.717, 1.165) is 30.6 Å². The van der Waals surface area contributed by atoms with Crippen LogP contribution in [-0.4, -0.2) is 80.2 Å². The SMILES string of the molecule is CCNC(=O)C(CO)N(C)C(=O)C(NCCOc1ccccc1CCCNC=O)C(C)CC. The molecule has 9 nitrogen and oxygen atoms in total. The van der Waals surface area contributed by atoms with Gasteiger partial charge in [0, 0.05) is 26.7 Å². The van der Waals surface area contributed by atoms with Gasteiger partial charge < -0.3 is 30.7 Å². The second kappa shape index (κ2) is 16.0. The van der Waals surface area contributed by atoms with Crippen molar-refractivity contribution in [2.75, 3.05) is 39.9 Å². The molecule has 186 valence electrons. The van der Waals surface area contributed by atoms with Crippen LogP contribution in [0.4, 0.5) is 0 Å². The van der Waals surface area contributed by atoms with Crippen LogP contribution in [-0.2, 0) is 20.8 Å². The summed E-state index contributed by atoms with van der Waals surface area (Å²) in [5.74, 6) is 0.205. The Hall–Kier alpha value is -2.65. The maximum Gasteiger partial charge on any atom is 0.245 e. The lowest BCUT2D eigenvalue weighted by Crippen LogP contribution is -2.56. The van der Waals surface area contributed by atoms with E-state index in [0.29, 0.717) is 32.7 Å². The number of hydrogen-bond donors (Lipinski definition) is 4. The van der Waals surface area contributed by atoms with Crippen molar-refractivity contribution < 1.29 is 24.2 Å². The molecule has 0 aliphatic heterocycles. The Morgan fingerprint density at radius 3 is 2.58 bits per heavy atom. The summed E-state index contributed by atoms with van der Waals surface area (Å²) in [6.45, 7) is 7.18. The number of likely N-dealkylation sites (N-methyl/N-ethyl adjacent to an activating group) is 2. The summed E-state index contributed by atoms with van der Waals surface area (Å²) in [6, 6.07) is 6.34. The lowest BCUT2D eigenvalue weighted by atomic mass is 9.97. The first kappa shape index (κ1) is 28.4. The molecule has 0 aliphatic rings.